The lowest BCUT2D eigenvalue weighted by molar-refractivity contribution is -0.0164. The van der Waals surface area contributed by atoms with Gasteiger partial charge in [-0.25, -0.2) is 0 Å². The quantitative estimate of drug-likeness (QED) is 0.0972. The molecule has 7 atom stereocenters. The molecule has 8 nitrogen and oxygen atoms in total. The highest BCUT2D eigenvalue weighted by Gasteiger charge is 2.36. The van der Waals surface area contributed by atoms with E-state index in [4.69, 9.17) is 9.47 Å². The second-order valence-electron chi connectivity index (χ2n) is 33.7. The van der Waals surface area contributed by atoms with Crippen molar-refractivity contribution in [2.45, 2.75) is 325 Å². The van der Waals surface area contributed by atoms with Gasteiger partial charge in [-0.15, -0.1) is 0 Å². The largest absolute Gasteiger partial charge is 0.492 e. The molecule has 1 aromatic carbocycles. The summed E-state index contributed by atoms with van der Waals surface area (Å²) in [7, 11) is 1.93. The van der Waals surface area contributed by atoms with E-state index in [9.17, 15) is 0 Å². The summed E-state index contributed by atoms with van der Waals surface area (Å²) in [6, 6.07) is 14.7. The van der Waals surface area contributed by atoms with E-state index < -0.39 is 0 Å². The number of nitrogens with zero attached hydrogens (tertiary/aromatic N) is 5. The molecule has 1 N–H and O–H groups in total. The molecule has 10 aliphatic rings. The van der Waals surface area contributed by atoms with Gasteiger partial charge in [-0.3, -0.25) is 14.7 Å². The van der Waals surface area contributed by atoms with Gasteiger partial charge < -0.3 is 24.6 Å². The highest BCUT2D eigenvalue weighted by Crippen LogP contribution is 2.38. The minimum atomic E-state index is 0.698. The first kappa shape index (κ1) is 75.8. The van der Waals surface area contributed by atoms with Crippen LogP contribution in [0.5, 0.6) is 5.75 Å². The highest BCUT2D eigenvalue weighted by atomic mass is 16.5. The van der Waals surface area contributed by atoms with Crippen molar-refractivity contribution >= 4 is 0 Å². The van der Waals surface area contributed by atoms with E-state index >= 15 is 0 Å². The highest BCUT2D eigenvalue weighted by molar-refractivity contribution is 5.28. The normalized spacial score (nSPS) is 27.9. The first-order valence-corrected chi connectivity index (χ1v) is 39.0. The third-order valence-electron chi connectivity index (χ3n) is 21.8. The van der Waals surface area contributed by atoms with Gasteiger partial charge in [0, 0.05) is 75.0 Å². The van der Waals surface area contributed by atoms with Gasteiger partial charge in [0.2, 0.25) is 0 Å². The molecule has 7 unspecified atom stereocenters. The summed E-state index contributed by atoms with van der Waals surface area (Å²) in [5, 5.41) is 3.07. The first-order chi connectivity index (χ1) is 42.3. The third-order valence-corrected chi connectivity index (χ3v) is 21.8. The van der Waals surface area contributed by atoms with Crippen LogP contribution in [0.1, 0.15) is 282 Å². The Labute approximate surface area is 548 Å². The summed E-state index contributed by atoms with van der Waals surface area (Å²) in [5.74, 6) is 11.1. The van der Waals surface area contributed by atoms with Crippen molar-refractivity contribution in [2.75, 3.05) is 85.8 Å². The molecule has 11 rings (SSSR count). The van der Waals surface area contributed by atoms with Crippen molar-refractivity contribution in [2.24, 2.45) is 65.1 Å². The summed E-state index contributed by atoms with van der Waals surface area (Å²) < 4.78 is 11.2. The molecule has 0 spiro atoms. The Morgan fingerprint density at radius 2 is 0.932 bits per heavy atom. The molecule has 5 aliphatic heterocycles. The maximum absolute atomic E-state index is 5.63. The number of rotatable bonds is 25. The van der Waals surface area contributed by atoms with Crippen molar-refractivity contribution in [3.63, 3.8) is 0 Å². The van der Waals surface area contributed by atoms with E-state index in [1.165, 1.54) is 231 Å². The van der Waals surface area contributed by atoms with Crippen molar-refractivity contribution in [3.8, 4) is 5.75 Å². The molecule has 0 amide bonds. The monoisotopic (exact) mass is 1230 g/mol. The maximum Gasteiger partial charge on any atom is 0.119 e. The number of morpholine rings is 1. The van der Waals surface area contributed by atoms with E-state index in [-0.39, 0.29) is 0 Å². The van der Waals surface area contributed by atoms with Crippen molar-refractivity contribution in [1.82, 2.24) is 29.8 Å². The Bertz CT molecular complexity index is 1860. The van der Waals surface area contributed by atoms with Gasteiger partial charge in [0.05, 0.1) is 13.2 Å². The van der Waals surface area contributed by atoms with Crippen LogP contribution in [0.15, 0.2) is 24.3 Å². The zero-order valence-electron chi connectivity index (χ0n) is 61.2. The summed E-state index contributed by atoms with van der Waals surface area (Å²) in [5.41, 5.74) is 1.37. The predicted molar refractivity (Wildman–Crippen MR) is 382 cm³/mol. The fourth-order valence-corrected chi connectivity index (χ4v) is 16.5. The summed E-state index contributed by atoms with van der Waals surface area (Å²) >= 11 is 0. The molecule has 5 heterocycles. The van der Waals surface area contributed by atoms with Gasteiger partial charge in [0.1, 0.15) is 12.4 Å². The van der Waals surface area contributed by atoms with Crippen LogP contribution in [0, 0.1) is 65.1 Å². The van der Waals surface area contributed by atoms with Gasteiger partial charge in [0.15, 0.2) is 0 Å². The van der Waals surface area contributed by atoms with E-state index in [0.29, 0.717) is 6.04 Å². The number of benzene rings is 1. The molecule has 88 heavy (non-hydrogen) atoms. The molecule has 0 radical (unpaired) electrons. The molecule has 0 aromatic heterocycles. The number of aryl methyl sites for hydroxylation is 1. The molecule has 10 fully saturated rings. The van der Waals surface area contributed by atoms with Crippen LogP contribution in [0.4, 0.5) is 0 Å². The lowest BCUT2D eigenvalue weighted by atomic mass is 9.86. The van der Waals surface area contributed by atoms with Gasteiger partial charge in [-0.1, -0.05) is 135 Å². The Hall–Kier alpha value is -1.26. The maximum atomic E-state index is 5.63. The first-order valence-electron chi connectivity index (χ1n) is 39.0. The molecule has 8 heteroatoms. The van der Waals surface area contributed by atoms with Crippen LogP contribution in [-0.2, 0) is 11.2 Å². The average molecular weight is 1230 g/mol. The SMILES string of the molecule is CC(C)CC1CC(C)CCN1C1CCCC1.CC(C)CC1CC(C)CCN1CC1CC1.CC(C)CC1CCCN1C1CCCC1.CC(C)CC1CCCN1CC1CC1.CC(C)CC1COCCN1CC1CC1.CNCCOc1cccc(CCC(C)C)c1. The summed E-state index contributed by atoms with van der Waals surface area (Å²) in [6.07, 6.45) is 41.7. The van der Waals surface area contributed by atoms with Crippen LogP contribution >= 0.6 is 0 Å². The van der Waals surface area contributed by atoms with Crippen molar-refractivity contribution < 1.29 is 9.47 Å². The van der Waals surface area contributed by atoms with Crippen LogP contribution in [0.25, 0.3) is 0 Å². The zero-order valence-corrected chi connectivity index (χ0v) is 61.2. The lowest BCUT2D eigenvalue weighted by Crippen LogP contribution is -2.47. The number of piperidine rings is 2. The third kappa shape index (κ3) is 30.9. The van der Waals surface area contributed by atoms with E-state index in [0.717, 1.165) is 146 Å². The standard InChI is InChI=1S/C15H29N.C14H23NO.C14H27N.C13H25N.C12H23NO.C12H23N/c1-12(2)10-15-11-13(3)8-9-16(15)14-6-4-5-7-14;1-12(2)7-8-13-5-4-6-14(11-13)16-10-9-15-3;1-11(2)8-14-9-12(3)6-7-15(14)10-13-4-5-13;1-11(2)10-13-8-5-9-14(13)12-6-3-4-7-12;1-10(2)7-12-9-14-6-5-13(12)8-11-3-4-11;1-10(2)8-12-4-3-7-13(12)9-11-5-6-11/h12-15H,4-11H2,1-3H3;4-6,11-12,15H,7-10H2,1-3H3;11-14H,4-10H2,1-3H3;11-13H,3-10H2,1-2H3;10-12H,3-9H2,1-2H3;10-12H,3-9H2,1-2H3. The van der Waals surface area contributed by atoms with Crippen LogP contribution < -0.4 is 10.1 Å². The number of hydrogen-bond acceptors (Lipinski definition) is 8. The predicted octanol–water partition coefficient (Wildman–Crippen LogP) is 19.0. The Balaban J connectivity index is 0.000000169. The second kappa shape index (κ2) is 41.5. The van der Waals surface area contributed by atoms with Gasteiger partial charge in [-0.2, -0.15) is 0 Å². The fourth-order valence-electron chi connectivity index (χ4n) is 16.5. The van der Waals surface area contributed by atoms with E-state index in [1.54, 1.807) is 0 Å². The molecule has 5 saturated carbocycles. The second-order valence-corrected chi connectivity index (χ2v) is 33.7. The molecule has 5 aliphatic carbocycles. The summed E-state index contributed by atoms with van der Waals surface area (Å²) in [4.78, 5) is 14.0. The molecular weight excluding hydrogens is 1080 g/mol. The Morgan fingerprint density at radius 1 is 0.466 bits per heavy atom. The average Bonchev–Trinajstić information content (AvgIpc) is 4.57. The number of nitrogens with one attached hydrogen (secondary N) is 1. The van der Waals surface area contributed by atoms with Gasteiger partial charge >= 0.3 is 0 Å². The Kier molecular flexibility index (Phi) is 35.8. The number of ether oxygens (including phenoxy) is 2. The minimum absolute atomic E-state index is 0.698. The number of likely N-dealkylation sites (tertiary alicyclic amines) is 4. The van der Waals surface area contributed by atoms with Gasteiger partial charge in [-0.05, 0) is 277 Å². The van der Waals surface area contributed by atoms with Gasteiger partial charge in [0.25, 0.3) is 0 Å². The van der Waals surface area contributed by atoms with E-state index in [2.05, 4.69) is 145 Å². The zero-order chi connectivity index (χ0) is 63.4. The molecular formula is C80H150N6O2. The van der Waals surface area contributed by atoms with Crippen molar-refractivity contribution in [3.05, 3.63) is 29.8 Å². The van der Waals surface area contributed by atoms with Crippen LogP contribution in [0.3, 0.4) is 0 Å². The Morgan fingerprint density at radius 3 is 1.48 bits per heavy atom. The lowest BCUT2D eigenvalue weighted by Gasteiger charge is -2.43. The van der Waals surface area contributed by atoms with E-state index in [1.807, 2.05) is 13.1 Å². The summed E-state index contributed by atoms with van der Waals surface area (Å²) in [6.45, 7) is 47.3. The molecule has 1 aromatic rings. The molecule has 0 bridgehead atoms. The topological polar surface area (TPSA) is 46.7 Å². The minimum Gasteiger partial charge on any atom is -0.492 e. The van der Waals surface area contributed by atoms with Crippen molar-refractivity contribution in [1.29, 1.82) is 0 Å². The molecule has 5 saturated heterocycles. The number of likely N-dealkylation sites (N-methyl/N-ethyl adjacent to an activating group) is 1. The smallest absolute Gasteiger partial charge is 0.119 e. The van der Waals surface area contributed by atoms with Crippen LogP contribution in [-0.4, -0.2) is 153 Å². The number of hydrogen-bond donors (Lipinski definition) is 1. The van der Waals surface area contributed by atoms with Crippen LogP contribution in [0.2, 0.25) is 0 Å². The molecule has 512 valence electrons. The fraction of sp³-hybridized carbons (Fsp3) is 0.925.